The zero-order valence-corrected chi connectivity index (χ0v) is 7.59. The van der Waals surface area contributed by atoms with Crippen LogP contribution in [-0.2, 0) is 9.53 Å². The predicted octanol–water partition coefficient (Wildman–Crippen LogP) is 0.856. The molecule has 1 unspecified atom stereocenters. The van der Waals surface area contributed by atoms with E-state index in [1.165, 1.54) is 6.08 Å². The molecular weight excluding hydrogens is 154 g/mol. The van der Waals surface area contributed by atoms with Gasteiger partial charge in [-0.25, -0.2) is 0 Å². The third-order valence-electron chi connectivity index (χ3n) is 1.95. The molecule has 1 amide bonds. The van der Waals surface area contributed by atoms with Gasteiger partial charge in [-0.2, -0.15) is 0 Å². The highest BCUT2D eigenvalue weighted by Crippen LogP contribution is 2.24. The summed E-state index contributed by atoms with van der Waals surface area (Å²) in [5, 5.41) is 2.80. The number of carbonyl (C=O) groups excluding carboxylic acids is 1. The van der Waals surface area contributed by atoms with E-state index in [9.17, 15) is 4.79 Å². The summed E-state index contributed by atoms with van der Waals surface area (Å²) in [7, 11) is 0. The van der Waals surface area contributed by atoms with Crippen LogP contribution in [-0.4, -0.2) is 24.2 Å². The lowest BCUT2D eigenvalue weighted by Gasteiger charge is -2.15. The van der Waals surface area contributed by atoms with Crippen molar-refractivity contribution >= 4 is 5.91 Å². The molecule has 0 aromatic rings. The molecule has 1 N–H and O–H groups in total. The van der Waals surface area contributed by atoms with Gasteiger partial charge >= 0.3 is 0 Å². The zero-order valence-electron chi connectivity index (χ0n) is 7.59. The first kappa shape index (κ1) is 9.26. The summed E-state index contributed by atoms with van der Waals surface area (Å²) >= 11 is 0. The molecule has 1 fully saturated rings. The first-order valence-corrected chi connectivity index (χ1v) is 4.10. The fraction of sp³-hybridized carbons (Fsp3) is 0.667. The fourth-order valence-electron chi connectivity index (χ4n) is 1.39. The van der Waals surface area contributed by atoms with Gasteiger partial charge in [0.05, 0.1) is 18.2 Å². The molecule has 0 aromatic heterocycles. The van der Waals surface area contributed by atoms with Crippen molar-refractivity contribution < 1.29 is 9.53 Å². The SMILES string of the molecule is C=CC(=O)NC1COC(C)(C)C1. The second kappa shape index (κ2) is 3.27. The van der Waals surface area contributed by atoms with Crippen LogP contribution in [0.15, 0.2) is 12.7 Å². The van der Waals surface area contributed by atoms with Crippen molar-refractivity contribution in [3.05, 3.63) is 12.7 Å². The maximum Gasteiger partial charge on any atom is 0.243 e. The van der Waals surface area contributed by atoms with Crippen LogP contribution in [0.1, 0.15) is 20.3 Å². The van der Waals surface area contributed by atoms with Crippen LogP contribution in [0.2, 0.25) is 0 Å². The Bertz CT molecular complexity index is 199. The van der Waals surface area contributed by atoms with Crippen LogP contribution in [0.5, 0.6) is 0 Å². The summed E-state index contributed by atoms with van der Waals surface area (Å²) in [6.45, 7) is 8.03. The summed E-state index contributed by atoms with van der Waals surface area (Å²) in [6.07, 6.45) is 2.15. The van der Waals surface area contributed by atoms with Gasteiger partial charge in [-0.3, -0.25) is 4.79 Å². The van der Waals surface area contributed by atoms with Crippen molar-refractivity contribution in [1.82, 2.24) is 5.32 Å². The Balaban J connectivity index is 2.38. The zero-order chi connectivity index (χ0) is 9.19. The van der Waals surface area contributed by atoms with Gasteiger partial charge in [0.1, 0.15) is 0 Å². The Morgan fingerprint density at radius 2 is 2.42 bits per heavy atom. The largest absolute Gasteiger partial charge is 0.373 e. The first-order chi connectivity index (χ1) is 5.53. The second-order valence-corrected chi connectivity index (χ2v) is 3.68. The monoisotopic (exact) mass is 169 g/mol. The van der Waals surface area contributed by atoms with Gasteiger partial charge in [-0.1, -0.05) is 6.58 Å². The molecule has 0 spiro atoms. The van der Waals surface area contributed by atoms with E-state index in [0.29, 0.717) is 6.61 Å². The van der Waals surface area contributed by atoms with Crippen molar-refractivity contribution in [2.24, 2.45) is 0 Å². The van der Waals surface area contributed by atoms with Crippen molar-refractivity contribution in [1.29, 1.82) is 0 Å². The van der Waals surface area contributed by atoms with Crippen molar-refractivity contribution in [2.45, 2.75) is 31.9 Å². The lowest BCUT2D eigenvalue weighted by atomic mass is 10.0. The molecule has 1 aliphatic heterocycles. The topological polar surface area (TPSA) is 38.3 Å². The Hall–Kier alpha value is -0.830. The van der Waals surface area contributed by atoms with Crippen LogP contribution in [0.4, 0.5) is 0 Å². The number of nitrogens with one attached hydrogen (secondary N) is 1. The average molecular weight is 169 g/mol. The smallest absolute Gasteiger partial charge is 0.243 e. The summed E-state index contributed by atoms with van der Waals surface area (Å²) in [6, 6.07) is 0.144. The predicted molar refractivity (Wildman–Crippen MR) is 46.8 cm³/mol. The fourth-order valence-corrected chi connectivity index (χ4v) is 1.39. The molecule has 1 rings (SSSR count). The summed E-state index contributed by atoms with van der Waals surface area (Å²) in [5.74, 6) is -0.124. The molecule has 12 heavy (non-hydrogen) atoms. The van der Waals surface area contributed by atoms with Gasteiger partial charge in [0, 0.05) is 0 Å². The van der Waals surface area contributed by atoms with Crippen LogP contribution in [0, 0.1) is 0 Å². The van der Waals surface area contributed by atoms with Crippen molar-refractivity contribution in [2.75, 3.05) is 6.61 Å². The van der Waals surface area contributed by atoms with Gasteiger partial charge in [-0.15, -0.1) is 0 Å². The number of carbonyl (C=O) groups is 1. The maximum atomic E-state index is 10.9. The van der Waals surface area contributed by atoms with Crippen molar-refractivity contribution in [3.8, 4) is 0 Å². The highest BCUT2D eigenvalue weighted by molar-refractivity contribution is 5.87. The minimum absolute atomic E-state index is 0.0981. The quantitative estimate of drug-likeness (QED) is 0.622. The Morgan fingerprint density at radius 1 is 1.75 bits per heavy atom. The standard InChI is InChI=1S/C9H15NO2/c1-4-8(11)10-7-5-9(2,3)12-6-7/h4,7H,1,5-6H2,2-3H3,(H,10,11). The molecule has 1 saturated heterocycles. The van der Waals surface area contributed by atoms with Crippen LogP contribution < -0.4 is 5.32 Å². The first-order valence-electron chi connectivity index (χ1n) is 4.10. The van der Waals surface area contributed by atoms with E-state index < -0.39 is 0 Å². The van der Waals surface area contributed by atoms with Crippen LogP contribution in [0.25, 0.3) is 0 Å². The van der Waals surface area contributed by atoms with E-state index in [0.717, 1.165) is 6.42 Å². The van der Waals surface area contributed by atoms with Gasteiger partial charge in [0.25, 0.3) is 0 Å². The number of hydrogen-bond donors (Lipinski definition) is 1. The van der Waals surface area contributed by atoms with Gasteiger partial charge in [-0.05, 0) is 26.3 Å². The highest BCUT2D eigenvalue weighted by Gasteiger charge is 2.32. The van der Waals surface area contributed by atoms with E-state index in [1.54, 1.807) is 0 Å². The Morgan fingerprint density at radius 3 is 2.83 bits per heavy atom. The molecule has 0 saturated carbocycles. The maximum absolute atomic E-state index is 10.9. The van der Waals surface area contributed by atoms with E-state index in [-0.39, 0.29) is 17.6 Å². The molecule has 0 aromatic carbocycles. The van der Waals surface area contributed by atoms with E-state index >= 15 is 0 Å². The number of hydrogen-bond acceptors (Lipinski definition) is 2. The number of amides is 1. The Labute approximate surface area is 72.8 Å². The average Bonchev–Trinajstić information content (AvgIpc) is 2.30. The third-order valence-corrected chi connectivity index (χ3v) is 1.95. The van der Waals surface area contributed by atoms with Gasteiger partial charge in [0.2, 0.25) is 5.91 Å². The molecule has 3 nitrogen and oxygen atoms in total. The lowest BCUT2D eigenvalue weighted by molar-refractivity contribution is -0.117. The van der Waals surface area contributed by atoms with E-state index in [2.05, 4.69) is 11.9 Å². The molecule has 1 aliphatic rings. The minimum Gasteiger partial charge on any atom is -0.373 e. The molecule has 68 valence electrons. The molecule has 0 bridgehead atoms. The summed E-state index contributed by atoms with van der Waals surface area (Å²) in [5.41, 5.74) is -0.0981. The van der Waals surface area contributed by atoms with Crippen molar-refractivity contribution in [3.63, 3.8) is 0 Å². The van der Waals surface area contributed by atoms with Crippen LogP contribution >= 0.6 is 0 Å². The second-order valence-electron chi connectivity index (χ2n) is 3.68. The number of ether oxygens (including phenoxy) is 1. The van der Waals surface area contributed by atoms with E-state index in [4.69, 9.17) is 4.74 Å². The lowest BCUT2D eigenvalue weighted by Crippen LogP contribution is -2.34. The summed E-state index contributed by atoms with van der Waals surface area (Å²) < 4.78 is 5.45. The molecule has 0 radical (unpaired) electrons. The molecule has 3 heteroatoms. The highest BCUT2D eigenvalue weighted by atomic mass is 16.5. The molecule has 0 aliphatic carbocycles. The normalized spacial score (nSPS) is 26.7. The van der Waals surface area contributed by atoms with E-state index in [1.807, 2.05) is 13.8 Å². The molecular formula is C9H15NO2. The molecule has 1 heterocycles. The van der Waals surface area contributed by atoms with Crippen LogP contribution in [0.3, 0.4) is 0 Å². The Kier molecular flexibility index (Phi) is 2.52. The number of rotatable bonds is 2. The molecule has 1 atom stereocenters. The minimum atomic E-state index is -0.124. The van der Waals surface area contributed by atoms with Gasteiger partial charge in [0.15, 0.2) is 0 Å². The summed E-state index contributed by atoms with van der Waals surface area (Å²) in [4.78, 5) is 10.9. The van der Waals surface area contributed by atoms with Gasteiger partial charge < -0.3 is 10.1 Å². The third kappa shape index (κ3) is 2.34.